The third-order valence-electron chi connectivity index (χ3n) is 5.93. The molecule has 0 fully saturated rings. The molecule has 3 rings (SSSR count). The molecule has 0 unspecified atom stereocenters. The minimum Gasteiger partial charge on any atom is -0.332 e. The zero-order valence-electron chi connectivity index (χ0n) is 23.0. The van der Waals surface area contributed by atoms with Crippen molar-refractivity contribution in [3.05, 3.63) is 107 Å². The van der Waals surface area contributed by atoms with Gasteiger partial charge in [-0.05, 0) is 94.9 Å². The molecule has 0 aliphatic carbocycles. The van der Waals surface area contributed by atoms with Gasteiger partial charge in [-0.15, -0.1) is 0 Å². The van der Waals surface area contributed by atoms with Crippen molar-refractivity contribution in [3.63, 3.8) is 0 Å². The Morgan fingerprint density at radius 3 is 1.20 bits per heavy atom. The fourth-order valence-electron chi connectivity index (χ4n) is 3.60. The topological polar surface area (TPSA) is 82.3 Å². The van der Waals surface area contributed by atoms with E-state index in [2.05, 4.69) is 73.2 Å². The average molecular weight is 571 g/mol. The fraction of sp³-hybridized carbons (Fsp3) is 0.188. The van der Waals surface area contributed by atoms with Crippen molar-refractivity contribution in [1.82, 2.24) is 10.6 Å². The summed E-state index contributed by atoms with van der Waals surface area (Å²) in [4.78, 5) is 24.5. The first-order valence-electron chi connectivity index (χ1n) is 13.0. The third kappa shape index (κ3) is 10.2. The van der Waals surface area contributed by atoms with Gasteiger partial charge in [0.2, 0.25) is 11.8 Å². The Hall–Kier alpha value is -4.14. The number of anilines is 2. The lowest BCUT2D eigenvalue weighted by molar-refractivity contribution is -0.115. The summed E-state index contributed by atoms with van der Waals surface area (Å²) in [5.41, 5.74) is 5.73. The summed E-state index contributed by atoms with van der Waals surface area (Å²) in [6, 6.07) is 23.2. The molecule has 3 aromatic carbocycles. The van der Waals surface area contributed by atoms with Gasteiger partial charge >= 0.3 is 0 Å². The number of hydrogen-bond acceptors (Lipinski definition) is 4. The van der Waals surface area contributed by atoms with Gasteiger partial charge < -0.3 is 10.6 Å². The number of benzene rings is 3. The van der Waals surface area contributed by atoms with Gasteiger partial charge in [-0.25, -0.2) is 0 Å². The molecule has 0 radical (unpaired) electrons. The van der Waals surface area contributed by atoms with E-state index < -0.39 is 0 Å². The van der Waals surface area contributed by atoms with Crippen molar-refractivity contribution < 1.29 is 9.59 Å². The normalized spacial score (nSPS) is 11.2. The SMILES string of the molecule is CC(C)c1ccc(C=CC(=O)NC(=S)Nc2ccc(NC(=S)NC(=O)C=Cc3ccc(C(C)C)cc3)cc2)cc1. The third-order valence-corrected chi connectivity index (χ3v) is 6.34. The van der Waals surface area contributed by atoms with Gasteiger partial charge in [-0.1, -0.05) is 76.2 Å². The molecule has 4 N–H and O–H groups in total. The van der Waals surface area contributed by atoms with Crippen molar-refractivity contribution >= 4 is 70.0 Å². The Labute approximate surface area is 247 Å². The summed E-state index contributed by atoms with van der Waals surface area (Å²) in [6.45, 7) is 8.55. The van der Waals surface area contributed by atoms with Gasteiger partial charge in [0.1, 0.15) is 0 Å². The fourth-order valence-corrected chi connectivity index (χ4v) is 4.03. The van der Waals surface area contributed by atoms with Crippen molar-refractivity contribution in [2.75, 3.05) is 10.6 Å². The summed E-state index contributed by atoms with van der Waals surface area (Å²) < 4.78 is 0. The first kappa shape index (κ1) is 30.4. The molecule has 0 aliphatic heterocycles. The van der Waals surface area contributed by atoms with Crippen LogP contribution in [0.15, 0.2) is 84.9 Å². The summed E-state index contributed by atoms with van der Waals surface area (Å²) in [5, 5.41) is 11.6. The molecular formula is C32H34N4O2S2. The molecule has 2 amide bonds. The monoisotopic (exact) mass is 570 g/mol. The van der Waals surface area contributed by atoms with Crippen LogP contribution in [-0.2, 0) is 9.59 Å². The Morgan fingerprint density at radius 1 is 0.575 bits per heavy atom. The maximum atomic E-state index is 12.2. The number of amides is 2. The van der Waals surface area contributed by atoms with Gasteiger partial charge in [0.25, 0.3) is 0 Å². The van der Waals surface area contributed by atoms with Crippen LogP contribution in [0.1, 0.15) is 61.8 Å². The molecule has 0 bridgehead atoms. The molecule has 8 heteroatoms. The number of hydrogen-bond donors (Lipinski definition) is 4. The van der Waals surface area contributed by atoms with Gasteiger partial charge in [0, 0.05) is 23.5 Å². The van der Waals surface area contributed by atoms with Crippen LogP contribution in [0.25, 0.3) is 12.2 Å². The Morgan fingerprint density at radius 2 is 0.900 bits per heavy atom. The van der Waals surface area contributed by atoms with Crippen LogP contribution in [0.5, 0.6) is 0 Å². The van der Waals surface area contributed by atoms with Crippen molar-refractivity contribution in [2.24, 2.45) is 0 Å². The summed E-state index contributed by atoms with van der Waals surface area (Å²) >= 11 is 10.5. The molecule has 0 aromatic heterocycles. The summed E-state index contributed by atoms with van der Waals surface area (Å²) in [6.07, 6.45) is 6.37. The minimum atomic E-state index is -0.327. The highest BCUT2D eigenvalue weighted by atomic mass is 32.1. The number of carbonyl (C=O) groups is 2. The predicted octanol–water partition coefficient (Wildman–Crippen LogP) is 6.99. The second-order valence-corrected chi connectivity index (χ2v) is 10.6. The minimum absolute atomic E-state index is 0.180. The molecule has 40 heavy (non-hydrogen) atoms. The summed E-state index contributed by atoms with van der Waals surface area (Å²) in [5.74, 6) is 0.259. The van der Waals surface area contributed by atoms with Crippen LogP contribution < -0.4 is 21.3 Å². The van der Waals surface area contributed by atoms with E-state index in [1.54, 1.807) is 36.4 Å². The highest BCUT2D eigenvalue weighted by Gasteiger charge is 2.05. The smallest absolute Gasteiger partial charge is 0.250 e. The van der Waals surface area contributed by atoms with Gasteiger partial charge in [-0.2, -0.15) is 0 Å². The van der Waals surface area contributed by atoms with E-state index in [0.29, 0.717) is 23.2 Å². The Bertz CT molecular complexity index is 1280. The summed E-state index contributed by atoms with van der Waals surface area (Å²) in [7, 11) is 0. The van der Waals surface area contributed by atoms with Crippen molar-refractivity contribution in [1.29, 1.82) is 0 Å². The van der Waals surface area contributed by atoms with E-state index in [-0.39, 0.29) is 22.0 Å². The Kier molecular flexibility index (Phi) is 11.3. The molecule has 0 saturated carbocycles. The van der Waals surface area contributed by atoms with E-state index in [1.165, 1.54) is 23.3 Å². The lowest BCUT2D eigenvalue weighted by Gasteiger charge is -2.11. The van der Waals surface area contributed by atoms with Crippen LogP contribution >= 0.6 is 24.4 Å². The average Bonchev–Trinajstić information content (AvgIpc) is 2.92. The molecule has 206 valence electrons. The number of thiocarbonyl (C=S) groups is 2. The highest BCUT2D eigenvalue weighted by molar-refractivity contribution is 7.80. The van der Waals surface area contributed by atoms with E-state index in [4.69, 9.17) is 24.4 Å². The van der Waals surface area contributed by atoms with Gasteiger partial charge in [0.15, 0.2) is 10.2 Å². The maximum Gasteiger partial charge on any atom is 0.250 e. The zero-order chi connectivity index (χ0) is 29.1. The zero-order valence-corrected chi connectivity index (χ0v) is 24.7. The van der Waals surface area contributed by atoms with Gasteiger partial charge in [0.05, 0.1) is 0 Å². The van der Waals surface area contributed by atoms with Crippen LogP contribution in [0.2, 0.25) is 0 Å². The molecule has 6 nitrogen and oxygen atoms in total. The first-order valence-corrected chi connectivity index (χ1v) is 13.8. The van der Waals surface area contributed by atoms with Crippen LogP contribution in [0.3, 0.4) is 0 Å². The van der Waals surface area contributed by atoms with Crippen molar-refractivity contribution in [3.8, 4) is 0 Å². The van der Waals surface area contributed by atoms with Gasteiger partial charge in [-0.3, -0.25) is 20.2 Å². The lowest BCUT2D eigenvalue weighted by Crippen LogP contribution is -2.33. The lowest BCUT2D eigenvalue weighted by atomic mass is 10.0. The van der Waals surface area contributed by atoms with E-state index in [9.17, 15) is 9.59 Å². The first-order chi connectivity index (χ1) is 19.1. The van der Waals surface area contributed by atoms with E-state index in [0.717, 1.165) is 11.1 Å². The van der Waals surface area contributed by atoms with Crippen LogP contribution in [0, 0.1) is 0 Å². The quantitative estimate of drug-likeness (QED) is 0.173. The molecule has 3 aromatic rings. The van der Waals surface area contributed by atoms with Crippen LogP contribution in [-0.4, -0.2) is 22.0 Å². The molecule has 0 spiro atoms. The second kappa shape index (κ2) is 14.9. The largest absolute Gasteiger partial charge is 0.332 e. The number of rotatable bonds is 8. The van der Waals surface area contributed by atoms with E-state index >= 15 is 0 Å². The number of nitrogens with one attached hydrogen (secondary N) is 4. The standard InChI is InChI=1S/C32H34N4O2S2/c1-21(2)25-11-5-23(6-12-25)9-19-29(37)35-31(39)33-27-15-17-28(18-16-27)34-32(40)36-30(38)20-10-24-7-13-26(14-8-24)22(3)4/h5-22H,1-4H3,(H2,33,35,37,39)(H2,34,36,38,40). The molecule has 0 atom stereocenters. The predicted molar refractivity (Wildman–Crippen MR) is 174 cm³/mol. The molecule has 0 saturated heterocycles. The number of carbonyl (C=O) groups excluding carboxylic acids is 2. The molecule has 0 aliphatic rings. The second-order valence-electron chi connectivity index (χ2n) is 9.77. The Balaban J connectivity index is 1.42. The maximum absolute atomic E-state index is 12.2. The molecule has 0 heterocycles. The van der Waals surface area contributed by atoms with Crippen LogP contribution in [0.4, 0.5) is 11.4 Å². The highest BCUT2D eigenvalue weighted by Crippen LogP contribution is 2.17. The molecular weight excluding hydrogens is 537 g/mol. The van der Waals surface area contributed by atoms with E-state index in [1.807, 2.05) is 24.3 Å². The van der Waals surface area contributed by atoms with Crippen molar-refractivity contribution in [2.45, 2.75) is 39.5 Å².